The van der Waals surface area contributed by atoms with Gasteiger partial charge in [-0.1, -0.05) is 24.3 Å². The van der Waals surface area contributed by atoms with Crippen LogP contribution in [-0.4, -0.2) is 51.0 Å². The number of fused-ring (bicyclic) bond motifs is 1. The molecule has 0 spiro atoms. The van der Waals surface area contributed by atoms with Gasteiger partial charge in [0, 0.05) is 63.8 Å². The van der Waals surface area contributed by atoms with Crippen molar-refractivity contribution in [3.05, 3.63) is 53.3 Å². The van der Waals surface area contributed by atoms with E-state index in [-0.39, 0.29) is 17.9 Å². The SMILES string of the molecule is CC(=O)N1C[C@H]2CN(C(=O)CCc3ccnn3C)C[C@H]2[C@@H]1c1ccccc1C. The van der Waals surface area contributed by atoms with E-state index < -0.39 is 0 Å². The van der Waals surface area contributed by atoms with E-state index in [0.29, 0.717) is 24.7 Å². The zero-order valence-corrected chi connectivity index (χ0v) is 16.8. The lowest BCUT2D eigenvalue weighted by atomic mass is 9.87. The van der Waals surface area contributed by atoms with Gasteiger partial charge in [-0.25, -0.2) is 0 Å². The van der Waals surface area contributed by atoms with Crippen LogP contribution in [0.2, 0.25) is 0 Å². The van der Waals surface area contributed by atoms with Crippen molar-refractivity contribution < 1.29 is 9.59 Å². The molecular formula is C22H28N4O2. The molecule has 3 atom stereocenters. The van der Waals surface area contributed by atoms with Crippen LogP contribution in [0.25, 0.3) is 0 Å². The van der Waals surface area contributed by atoms with Crippen LogP contribution in [-0.2, 0) is 23.1 Å². The van der Waals surface area contributed by atoms with Crippen molar-refractivity contribution >= 4 is 11.8 Å². The molecule has 0 unspecified atom stereocenters. The minimum absolute atomic E-state index is 0.0681. The topological polar surface area (TPSA) is 58.4 Å². The molecule has 2 saturated heterocycles. The van der Waals surface area contributed by atoms with E-state index in [9.17, 15) is 9.59 Å². The predicted octanol–water partition coefficient (Wildman–Crippen LogP) is 2.34. The van der Waals surface area contributed by atoms with E-state index >= 15 is 0 Å². The van der Waals surface area contributed by atoms with Gasteiger partial charge in [0.25, 0.3) is 0 Å². The first kappa shape index (κ1) is 18.7. The van der Waals surface area contributed by atoms with Gasteiger partial charge in [0.05, 0.1) is 6.04 Å². The van der Waals surface area contributed by atoms with E-state index in [1.165, 1.54) is 11.1 Å². The summed E-state index contributed by atoms with van der Waals surface area (Å²) < 4.78 is 1.82. The number of aromatic nitrogens is 2. The van der Waals surface area contributed by atoms with E-state index in [1.807, 2.05) is 39.7 Å². The van der Waals surface area contributed by atoms with Gasteiger partial charge in [0.15, 0.2) is 0 Å². The van der Waals surface area contributed by atoms with Crippen molar-refractivity contribution in [3.8, 4) is 0 Å². The summed E-state index contributed by atoms with van der Waals surface area (Å²) in [5.41, 5.74) is 3.50. The molecule has 0 radical (unpaired) electrons. The number of hydrogen-bond donors (Lipinski definition) is 0. The van der Waals surface area contributed by atoms with Crippen molar-refractivity contribution in [2.45, 2.75) is 32.7 Å². The Balaban J connectivity index is 1.48. The van der Waals surface area contributed by atoms with Gasteiger partial charge >= 0.3 is 0 Å². The van der Waals surface area contributed by atoms with Crippen LogP contribution >= 0.6 is 0 Å². The molecule has 2 aliphatic heterocycles. The van der Waals surface area contributed by atoms with Gasteiger partial charge in [0.1, 0.15) is 0 Å². The number of amides is 2. The summed E-state index contributed by atoms with van der Waals surface area (Å²) >= 11 is 0. The molecule has 4 rings (SSSR count). The second-order valence-corrected chi connectivity index (χ2v) is 8.14. The molecule has 28 heavy (non-hydrogen) atoms. The average molecular weight is 380 g/mol. The maximum absolute atomic E-state index is 12.8. The molecule has 3 heterocycles. The Hall–Kier alpha value is -2.63. The highest BCUT2D eigenvalue weighted by atomic mass is 16.2. The zero-order chi connectivity index (χ0) is 19.8. The van der Waals surface area contributed by atoms with Crippen molar-refractivity contribution in [3.63, 3.8) is 0 Å². The monoisotopic (exact) mass is 380 g/mol. The van der Waals surface area contributed by atoms with Crippen LogP contribution in [0.15, 0.2) is 36.5 Å². The van der Waals surface area contributed by atoms with Crippen molar-refractivity contribution in [1.82, 2.24) is 19.6 Å². The first-order chi connectivity index (χ1) is 13.5. The largest absolute Gasteiger partial charge is 0.342 e. The van der Waals surface area contributed by atoms with E-state index in [0.717, 1.165) is 25.3 Å². The molecule has 0 aliphatic carbocycles. The minimum atomic E-state index is 0.0681. The van der Waals surface area contributed by atoms with Crippen molar-refractivity contribution in [2.75, 3.05) is 19.6 Å². The molecule has 2 aromatic rings. The number of nitrogens with zero attached hydrogens (tertiary/aromatic N) is 4. The van der Waals surface area contributed by atoms with E-state index in [4.69, 9.17) is 0 Å². The number of hydrogen-bond acceptors (Lipinski definition) is 3. The Bertz CT molecular complexity index is 890. The summed E-state index contributed by atoms with van der Waals surface area (Å²) in [7, 11) is 1.91. The molecule has 1 aromatic carbocycles. The number of likely N-dealkylation sites (tertiary alicyclic amines) is 2. The number of rotatable bonds is 4. The van der Waals surface area contributed by atoms with Crippen molar-refractivity contribution in [2.24, 2.45) is 18.9 Å². The molecule has 6 nitrogen and oxygen atoms in total. The van der Waals surface area contributed by atoms with E-state index in [1.54, 1.807) is 13.1 Å². The molecule has 0 bridgehead atoms. The maximum atomic E-state index is 12.8. The number of carbonyl (C=O) groups excluding carboxylic acids is 2. The molecule has 148 valence electrons. The third-order valence-corrected chi connectivity index (χ3v) is 6.45. The summed E-state index contributed by atoms with van der Waals surface area (Å²) in [5.74, 6) is 0.991. The summed E-state index contributed by atoms with van der Waals surface area (Å²) in [6.07, 6.45) is 2.98. The number of carbonyl (C=O) groups is 2. The van der Waals surface area contributed by atoms with Gasteiger partial charge < -0.3 is 9.80 Å². The fourth-order valence-electron chi connectivity index (χ4n) is 4.93. The fraction of sp³-hybridized carbons (Fsp3) is 0.500. The highest BCUT2D eigenvalue weighted by Gasteiger charge is 2.49. The molecule has 0 N–H and O–H groups in total. The van der Waals surface area contributed by atoms with Crippen LogP contribution in [0, 0.1) is 18.8 Å². The Morgan fingerprint density at radius 1 is 1.14 bits per heavy atom. The van der Waals surface area contributed by atoms with Gasteiger partial charge in [-0.3, -0.25) is 14.3 Å². The zero-order valence-electron chi connectivity index (χ0n) is 16.8. The van der Waals surface area contributed by atoms with Gasteiger partial charge in [0.2, 0.25) is 11.8 Å². The molecule has 2 aliphatic rings. The molecular weight excluding hydrogens is 352 g/mol. The Morgan fingerprint density at radius 2 is 1.93 bits per heavy atom. The Labute approximate surface area is 166 Å². The molecule has 6 heteroatoms. The quantitative estimate of drug-likeness (QED) is 0.818. The first-order valence-electron chi connectivity index (χ1n) is 10.0. The summed E-state index contributed by atoms with van der Waals surface area (Å²) in [5, 5.41) is 4.17. The smallest absolute Gasteiger partial charge is 0.222 e. The van der Waals surface area contributed by atoms with Crippen LogP contribution in [0.1, 0.15) is 36.2 Å². The standard InChI is InChI=1S/C22H28N4O2/c1-15-6-4-5-7-19(15)22-20-14-25(12-17(20)13-26(22)16(2)27)21(28)9-8-18-10-11-23-24(18)3/h4-7,10-11,17,20,22H,8-9,12-14H2,1-3H3/t17-,20-,22+/m1/s1. The molecule has 0 saturated carbocycles. The first-order valence-corrected chi connectivity index (χ1v) is 10.0. The van der Waals surface area contributed by atoms with Gasteiger partial charge in [-0.05, 0) is 30.5 Å². The third kappa shape index (κ3) is 3.32. The third-order valence-electron chi connectivity index (χ3n) is 6.45. The fourth-order valence-corrected chi connectivity index (χ4v) is 4.93. The summed E-state index contributed by atoms with van der Waals surface area (Å²) in [6, 6.07) is 10.3. The Kier molecular flexibility index (Phi) is 4.96. The number of aryl methyl sites for hydroxylation is 3. The lowest BCUT2D eigenvalue weighted by molar-refractivity contribution is -0.131. The van der Waals surface area contributed by atoms with E-state index in [2.05, 4.69) is 24.2 Å². The normalized spacial score (nSPS) is 23.9. The van der Waals surface area contributed by atoms with Gasteiger partial charge in [-0.15, -0.1) is 0 Å². The van der Waals surface area contributed by atoms with Crippen molar-refractivity contribution in [1.29, 1.82) is 0 Å². The predicted molar refractivity (Wildman–Crippen MR) is 106 cm³/mol. The second-order valence-electron chi connectivity index (χ2n) is 8.14. The Morgan fingerprint density at radius 3 is 2.61 bits per heavy atom. The summed E-state index contributed by atoms with van der Waals surface area (Å²) in [6.45, 7) is 5.99. The highest BCUT2D eigenvalue weighted by molar-refractivity contribution is 5.77. The second kappa shape index (κ2) is 7.41. The van der Waals surface area contributed by atoms with Crippen LogP contribution in [0.4, 0.5) is 0 Å². The highest BCUT2D eigenvalue weighted by Crippen LogP contribution is 2.45. The molecule has 1 aromatic heterocycles. The minimum Gasteiger partial charge on any atom is -0.342 e. The summed E-state index contributed by atoms with van der Waals surface area (Å²) in [4.78, 5) is 29.1. The lowest BCUT2D eigenvalue weighted by Crippen LogP contribution is -2.36. The lowest BCUT2D eigenvalue weighted by Gasteiger charge is -2.30. The molecule has 2 amide bonds. The van der Waals surface area contributed by atoms with Crippen LogP contribution in [0.3, 0.4) is 0 Å². The molecule has 2 fully saturated rings. The number of benzene rings is 1. The van der Waals surface area contributed by atoms with Gasteiger partial charge in [-0.2, -0.15) is 5.10 Å². The van der Waals surface area contributed by atoms with Crippen LogP contribution < -0.4 is 0 Å². The average Bonchev–Trinajstić information content (AvgIpc) is 3.34. The maximum Gasteiger partial charge on any atom is 0.222 e. The van der Waals surface area contributed by atoms with Crippen LogP contribution in [0.5, 0.6) is 0 Å².